The van der Waals surface area contributed by atoms with Crippen molar-refractivity contribution in [3.8, 4) is 0 Å². The maximum atomic E-state index is 15.1. The third-order valence-electron chi connectivity index (χ3n) is 15.8. The van der Waals surface area contributed by atoms with Crippen LogP contribution >= 0.6 is 11.6 Å². The zero-order chi connectivity index (χ0) is 49.4. The van der Waals surface area contributed by atoms with E-state index in [0.29, 0.717) is 98.8 Å². The molecule has 17 heteroatoms. The van der Waals surface area contributed by atoms with Crippen LogP contribution in [0, 0.1) is 17.7 Å². The first-order valence-corrected chi connectivity index (χ1v) is 26.3. The molecule has 0 spiro atoms. The fourth-order valence-electron chi connectivity index (χ4n) is 11.6. The van der Waals surface area contributed by atoms with Crippen LogP contribution in [0.2, 0.25) is 0 Å². The zero-order valence-electron chi connectivity index (χ0n) is 40.7. The van der Waals surface area contributed by atoms with Gasteiger partial charge in [0.25, 0.3) is 17.4 Å². The number of aromatic amines is 1. The Morgan fingerprint density at radius 3 is 2.17 bits per heavy atom. The van der Waals surface area contributed by atoms with Gasteiger partial charge in [0.1, 0.15) is 17.7 Å². The number of halogens is 2. The van der Waals surface area contributed by atoms with Gasteiger partial charge < -0.3 is 29.8 Å². The van der Waals surface area contributed by atoms with E-state index in [2.05, 4.69) is 25.3 Å². The Kier molecular flexibility index (Phi) is 16.4. The van der Waals surface area contributed by atoms with Gasteiger partial charge in [-0.25, -0.2) is 9.49 Å². The van der Waals surface area contributed by atoms with E-state index in [9.17, 15) is 28.8 Å². The number of piperidine rings is 2. The Hall–Kier alpha value is -5.71. The van der Waals surface area contributed by atoms with Crippen LogP contribution in [0.3, 0.4) is 0 Å². The number of amides is 5. The van der Waals surface area contributed by atoms with Crippen molar-refractivity contribution in [2.45, 2.75) is 76.2 Å². The molecule has 71 heavy (non-hydrogen) atoms. The molecule has 2 unspecified atom stereocenters. The number of benzene rings is 3. The summed E-state index contributed by atoms with van der Waals surface area (Å²) in [6.07, 6.45) is 9.05. The van der Waals surface area contributed by atoms with Crippen LogP contribution in [0.4, 0.5) is 4.39 Å². The Morgan fingerprint density at radius 1 is 0.704 bits per heavy atom. The summed E-state index contributed by atoms with van der Waals surface area (Å²) >= 11 is 5.86. The lowest BCUT2D eigenvalue weighted by atomic mass is 9.82. The Morgan fingerprint density at radius 2 is 1.42 bits per heavy atom. The number of carbonyl (C=O) groups is 5. The second-order valence-electron chi connectivity index (χ2n) is 20.3. The van der Waals surface area contributed by atoms with E-state index in [1.165, 1.54) is 6.07 Å². The maximum Gasteiger partial charge on any atom is 0.272 e. The second-order valence-corrected chi connectivity index (χ2v) is 20.6. The number of hydrogen-bond donors (Lipinski definition) is 2. The molecule has 4 aromatic rings. The molecule has 1 saturated carbocycles. The molecule has 0 radical (unpaired) electrons. The minimum atomic E-state index is -0.608. The number of rotatable bonds is 13. The molecule has 5 fully saturated rings. The molecule has 378 valence electrons. The van der Waals surface area contributed by atoms with Gasteiger partial charge in [-0.05, 0) is 91.8 Å². The summed E-state index contributed by atoms with van der Waals surface area (Å²) in [6.45, 7) is 8.52. The summed E-state index contributed by atoms with van der Waals surface area (Å²) in [5.41, 5.74) is 2.57. The maximum absolute atomic E-state index is 15.1. The third kappa shape index (κ3) is 12.1. The lowest BCUT2D eigenvalue weighted by molar-refractivity contribution is -0.137. The Bertz CT molecular complexity index is 2620. The molecule has 5 amide bonds. The number of hydrogen-bond acceptors (Lipinski definition) is 9. The molecule has 3 aromatic carbocycles. The number of piperazine rings is 2. The van der Waals surface area contributed by atoms with Gasteiger partial charge in [-0.3, -0.25) is 33.7 Å². The van der Waals surface area contributed by atoms with E-state index in [4.69, 9.17) is 11.6 Å². The van der Waals surface area contributed by atoms with Gasteiger partial charge in [0.05, 0.1) is 23.2 Å². The lowest BCUT2D eigenvalue weighted by Gasteiger charge is -2.41. The molecule has 4 aliphatic heterocycles. The van der Waals surface area contributed by atoms with Crippen molar-refractivity contribution in [3.63, 3.8) is 0 Å². The van der Waals surface area contributed by atoms with Gasteiger partial charge in [-0.15, -0.1) is 11.6 Å². The van der Waals surface area contributed by atoms with Crippen molar-refractivity contribution in [3.05, 3.63) is 111 Å². The Balaban J connectivity index is 0.707. The van der Waals surface area contributed by atoms with Crippen LogP contribution in [0.5, 0.6) is 0 Å². The third-order valence-corrected chi connectivity index (χ3v) is 16.0. The number of alkyl halides is 1. The molecule has 0 bridgehead atoms. The SMILES string of the molecule is O=C(NC(C(=O)N1CCC(CN2CCN(CC(=O)N3CCN(C(=O)c4cc(Cc5n[nH]c(=O)c6ccccc56)ccc4F)CC3)CC2)CC1)C1CCCCC1)c1cccc(C2CCCN(C(=O)CCl)C2)c1. The minimum absolute atomic E-state index is 0.0251. The molecular weight excluding hydrogens is 925 g/mol. The molecule has 5 heterocycles. The van der Waals surface area contributed by atoms with Crippen molar-refractivity contribution in [1.82, 2.24) is 44.9 Å². The van der Waals surface area contributed by atoms with Crippen LogP contribution in [0.25, 0.3) is 10.8 Å². The zero-order valence-corrected chi connectivity index (χ0v) is 41.4. The van der Waals surface area contributed by atoms with Crippen molar-refractivity contribution < 1.29 is 28.4 Å². The van der Waals surface area contributed by atoms with Crippen molar-refractivity contribution in [1.29, 1.82) is 0 Å². The quantitative estimate of drug-likeness (QED) is 0.173. The van der Waals surface area contributed by atoms with Crippen LogP contribution in [0.15, 0.2) is 71.5 Å². The average Bonchev–Trinajstić information content (AvgIpc) is 3.42. The van der Waals surface area contributed by atoms with Gasteiger partial charge in [-0.2, -0.15) is 5.10 Å². The van der Waals surface area contributed by atoms with E-state index in [1.807, 2.05) is 46.2 Å². The molecule has 5 aliphatic rings. The van der Waals surface area contributed by atoms with E-state index in [1.54, 1.807) is 34.1 Å². The van der Waals surface area contributed by atoms with Crippen LogP contribution < -0.4 is 10.9 Å². The standard InChI is InChI=1S/C54H67ClFN9O6/c55-33-48(66)65-19-7-12-42(35-65)40-10-6-11-41(32-40)51(68)57-50(39-8-2-1-3-9-39)54(71)63-20-17-37(18-21-63)34-60-22-24-61(25-23-60)36-49(67)62-26-28-64(29-27-62)53(70)45-30-38(15-16-46(45)56)31-47-43-13-4-5-14-44(43)52(69)59-58-47/h4-6,10-11,13-16,30,32,37,39,42,50H,1-3,7-9,12,17-29,31,33-36H2,(H,57,68)(H,59,69). The predicted octanol–water partition coefficient (Wildman–Crippen LogP) is 5.12. The fourth-order valence-corrected chi connectivity index (χ4v) is 11.7. The van der Waals surface area contributed by atoms with Crippen LogP contribution in [-0.4, -0.2) is 173 Å². The number of nitrogens with one attached hydrogen (secondary N) is 2. The van der Waals surface area contributed by atoms with Crippen molar-refractivity contribution >= 4 is 51.9 Å². The smallest absolute Gasteiger partial charge is 0.272 e. The number of fused-ring (bicyclic) bond motifs is 1. The summed E-state index contributed by atoms with van der Waals surface area (Å²) in [5.74, 6) is -0.605. The normalized spacial score (nSPS) is 20.5. The second kappa shape index (κ2) is 23.2. The summed E-state index contributed by atoms with van der Waals surface area (Å²) < 4.78 is 15.1. The highest BCUT2D eigenvalue weighted by atomic mass is 35.5. The summed E-state index contributed by atoms with van der Waals surface area (Å²) in [7, 11) is 0. The lowest BCUT2D eigenvalue weighted by Crippen LogP contribution is -2.55. The monoisotopic (exact) mass is 991 g/mol. The highest BCUT2D eigenvalue weighted by molar-refractivity contribution is 6.27. The first-order chi connectivity index (χ1) is 34.5. The summed E-state index contributed by atoms with van der Waals surface area (Å²) in [5, 5.41) is 11.2. The number of H-pyrrole nitrogens is 1. The van der Waals surface area contributed by atoms with Gasteiger partial charge in [0.2, 0.25) is 17.7 Å². The molecule has 9 rings (SSSR count). The molecule has 15 nitrogen and oxygen atoms in total. The van der Waals surface area contributed by atoms with Crippen LogP contribution in [-0.2, 0) is 20.8 Å². The number of nitrogens with zero attached hydrogens (tertiary/aromatic N) is 7. The van der Waals surface area contributed by atoms with E-state index in [-0.39, 0.29) is 52.5 Å². The highest BCUT2D eigenvalue weighted by Gasteiger charge is 2.37. The molecular formula is C54H67ClFN9O6. The van der Waals surface area contributed by atoms with Gasteiger partial charge in [0, 0.05) is 108 Å². The molecule has 2 N–H and O–H groups in total. The van der Waals surface area contributed by atoms with Crippen molar-refractivity contribution in [2.75, 3.05) is 97.5 Å². The molecule has 4 saturated heterocycles. The van der Waals surface area contributed by atoms with Gasteiger partial charge >= 0.3 is 0 Å². The minimum Gasteiger partial charge on any atom is -0.341 e. The van der Waals surface area contributed by atoms with Crippen molar-refractivity contribution in [2.24, 2.45) is 11.8 Å². The van der Waals surface area contributed by atoms with E-state index in [0.717, 1.165) is 96.1 Å². The average molecular weight is 993 g/mol. The highest BCUT2D eigenvalue weighted by Crippen LogP contribution is 2.31. The number of aromatic nitrogens is 2. The first kappa shape index (κ1) is 50.2. The Labute approximate surface area is 420 Å². The summed E-state index contributed by atoms with van der Waals surface area (Å²) in [4.78, 5) is 91.8. The van der Waals surface area contributed by atoms with E-state index < -0.39 is 17.8 Å². The van der Waals surface area contributed by atoms with Crippen LogP contribution in [0.1, 0.15) is 101 Å². The molecule has 1 aliphatic carbocycles. The molecule has 1 aromatic heterocycles. The molecule has 2 atom stereocenters. The fraction of sp³-hybridized carbons (Fsp3) is 0.537. The number of likely N-dealkylation sites (tertiary alicyclic amines) is 2. The van der Waals surface area contributed by atoms with E-state index >= 15 is 4.39 Å². The first-order valence-electron chi connectivity index (χ1n) is 25.8. The largest absolute Gasteiger partial charge is 0.341 e. The number of carbonyl (C=O) groups excluding carboxylic acids is 5. The summed E-state index contributed by atoms with van der Waals surface area (Å²) in [6, 6.07) is 18.7. The topological polar surface area (TPSA) is 163 Å². The predicted molar refractivity (Wildman–Crippen MR) is 270 cm³/mol. The van der Waals surface area contributed by atoms with Gasteiger partial charge in [-0.1, -0.05) is 55.7 Å². The van der Waals surface area contributed by atoms with Gasteiger partial charge in [0.15, 0.2) is 0 Å².